The van der Waals surface area contributed by atoms with Gasteiger partial charge in [0, 0.05) is 8.95 Å². The molecule has 108 valence electrons. The second kappa shape index (κ2) is 6.82. The fourth-order valence-electron chi connectivity index (χ4n) is 1.37. The molecule has 0 bridgehead atoms. The van der Waals surface area contributed by atoms with Gasteiger partial charge in [0.05, 0.1) is 23.7 Å². The number of carbonyl (C=O) groups is 3. The van der Waals surface area contributed by atoms with Gasteiger partial charge in [0.2, 0.25) is 5.91 Å². The summed E-state index contributed by atoms with van der Waals surface area (Å²) in [4.78, 5) is 33.4. The fraction of sp³-hybridized carbons (Fsp3) is 0.182. The van der Waals surface area contributed by atoms with Crippen molar-refractivity contribution in [2.24, 2.45) is 5.73 Å². The zero-order valence-corrected chi connectivity index (χ0v) is 13.1. The van der Waals surface area contributed by atoms with E-state index in [0.29, 0.717) is 8.95 Å². The van der Waals surface area contributed by atoms with Crippen LogP contribution in [0, 0.1) is 0 Å². The van der Waals surface area contributed by atoms with Crippen molar-refractivity contribution in [1.29, 1.82) is 0 Å². The van der Waals surface area contributed by atoms with E-state index < -0.39 is 30.3 Å². The summed E-state index contributed by atoms with van der Waals surface area (Å²) in [5.41, 5.74) is 5.28. The zero-order chi connectivity index (χ0) is 15.4. The van der Waals surface area contributed by atoms with Crippen molar-refractivity contribution in [3.05, 3.63) is 26.6 Å². The van der Waals surface area contributed by atoms with Gasteiger partial charge in [0.1, 0.15) is 0 Å². The minimum atomic E-state index is -1.27. The van der Waals surface area contributed by atoms with Crippen molar-refractivity contribution >= 4 is 55.4 Å². The van der Waals surface area contributed by atoms with Crippen molar-refractivity contribution in [3.63, 3.8) is 0 Å². The van der Waals surface area contributed by atoms with Crippen molar-refractivity contribution in [2.45, 2.75) is 12.5 Å². The number of hydrogen-bond acceptors (Lipinski definition) is 4. The van der Waals surface area contributed by atoms with E-state index in [4.69, 9.17) is 15.9 Å². The molecule has 0 saturated heterocycles. The third kappa shape index (κ3) is 4.29. The molecule has 0 radical (unpaired) electrons. The van der Waals surface area contributed by atoms with Gasteiger partial charge >= 0.3 is 11.9 Å². The van der Waals surface area contributed by atoms with Gasteiger partial charge in [-0.05, 0) is 28.1 Å². The van der Waals surface area contributed by atoms with Crippen molar-refractivity contribution < 1.29 is 24.6 Å². The summed E-state index contributed by atoms with van der Waals surface area (Å²) in [6.07, 6.45) is -0.553. The maximum absolute atomic E-state index is 11.7. The summed E-state index contributed by atoms with van der Waals surface area (Å²) in [7, 11) is 0. The van der Waals surface area contributed by atoms with E-state index >= 15 is 0 Å². The van der Waals surface area contributed by atoms with Crippen LogP contribution in [0.2, 0.25) is 0 Å². The molecule has 0 fully saturated rings. The van der Waals surface area contributed by atoms with Crippen LogP contribution in [0.25, 0.3) is 0 Å². The van der Waals surface area contributed by atoms with Crippen LogP contribution in [0.15, 0.2) is 21.1 Å². The summed E-state index contributed by atoms with van der Waals surface area (Å²) in [5.74, 6) is -3.24. The fourth-order valence-corrected chi connectivity index (χ4v) is 2.69. The molecule has 0 heterocycles. The lowest BCUT2D eigenvalue weighted by Gasteiger charge is -2.14. The number of nitrogens with two attached hydrogens (primary N) is 1. The first-order valence-corrected chi connectivity index (χ1v) is 6.81. The number of benzene rings is 1. The molecule has 0 aromatic heterocycles. The molecule has 0 aliphatic heterocycles. The SMILES string of the molecule is NC(CC(=O)O)C(=O)Nc1c(Br)cc(Br)cc1C(=O)O. The third-order valence-corrected chi connectivity index (χ3v) is 3.35. The molecular formula is C11H10Br2N2O5. The number of anilines is 1. The van der Waals surface area contributed by atoms with E-state index in [1.165, 1.54) is 6.07 Å². The first-order valence-electron chi connectivity index (χ1n) is 5.23. The molecule has 5 N–H and O–H groups in total. The number of halogens is 2. The van der Waals surface area contributed by atoms with Gasteiger partial charge in [-0.2, -0.15) is 0 Å². The quantitative estimate of drug-likeness (QED) is 0.585. The van der Waals surface area contributed by atoms with Gasteiger partial charge < -0.3 is 21.3 Å². The van der Waals surface area contributed by atoms with Crippen LogP contribution in [0.5, 0.6) is 0 Å². The Morgan fingerprint density at radius 2 is 1.85 bits per heavy atom. The molecule has 9 heteroatoms. The second-order valence-electron chi connectivity index (χ2n) is 3.81. The Labute approximate surface area is 130 Å². The molecular weight excluding hydrogens is 400 g/mol. The smallest absolute Gasteiger partial charge is 0.337 e. The number of rotatable bonds is 5. The van der Waals surface area contributed by atoms with Crippen LogP contribution in [0.1, 0.15) is 16.8 Å². The Bertz CT molecular complexity index is 576. The highest BCUT2D eigenvalue weighted by Crippen LogP contribution is 2.31. The highest BCUT2D eigenvalue weighted by Gasteiger charge is 2.21. The van der Waals surface area contributed by atoms with Crippen molar-refractivity contribution in [2.75, 3.05) is 5.32 Å². The largest absolute Gasteiger partial charge is 0.481 e. The predicted octanol–water partition coefficient (Wildman–Crippen LogP) is 1.65. The van der Waals surface area contributed by atoms with Crippen LogP contribution >= 0.6 is 31.9 Å². The first kappa shape index (κ1) is 16.6. The van der Waals surface area contributed by atoms with Crippen LogP contribution < -0.4 is 11.1 Å². The normalized spacial score (nSPS) is 11.8. The monoisotopic (exact) mass is 408 g/mol. The summed E-state index contributed by atoms with van der Waals surface area (Å²) < 4.78 is 0.842. The van der Waals surface area contributed by atoms with E-state index in [1.54, 1.807) is 6.07 Å². The van der Waals surface area contributed by atoms with Gasteiger partial charge in [-0.15, -0.1) is 0 Å². The van der Waals surface area contributed by atoms with Gasteiger partial charge in [-0.1, -0.05) is 15.9 Å². The number of nitrogens with one attached hydrogen (secondary N) is 1. The zero-order valence-electron chi connectivity index (χ0n) is 9.89. The van der Waals surface area contributed by atoms with Crippen molar-refractivity contribution in [3.8, 4) is 0 Å². The van der Waals surface area contributed by atoms with E-state index in [1.807, 2.05) is 0 Å². The summed E-state index contributed by atoms with van der Waals surface area (Å²) in [6.45, 7) is 0. The lowest BCUT2D eigenvalue weighted by molar-refractivity contribution is -0.138. The molecule has 1 unspecified atom stereocenters. The Balaban J connectivity index is 3.05. The predicted molar refractivity (Wildman–Crippen MR) is 77.7 cm³/mol. The summed E-state index contributed by atoms with van der Waals surface area (Å²) in [6, 6.07) is 1.58. The van der Waals surface area contributed by atoms with Gasteiger partial charge in [0.15, 0.2) is 0 Å². The van der Waals surface area contributed by atoms with Gasteiger partial charge in [0.25, 0.3) is 0 Å². The molecule has 1 aromatic rings. The first-order chi connectivity index (χ1) is 9.22. The number of carboxylic acid groups (broad SMARTS) is 2. The molecule has 1 atom stereocenters. The standard InChI is InChI=1S/C11H10Br2N2O5/c12-4-1-5(11(19)20)9(6(13)2-4)15-10(18)7(14)3-8(16)17/h1-2,7H,3,14H2,(H,15,18)(H,16,17)(H,19,20). The van der Waals surface area contributed by atoms with Gasteiger partial charge in [-0.3, -0.25) is 9.59 Å². The molecule has 7 nitrogen and oxygen atoms in total. The lowest BCUT2D eigenvalue weighted by atomic mass is 10.1. The Kier molecular flexibility index (Phi) is 5.66. The number of amides is 1. The minimum absolute atomic E-state index is 0.0199. The van der Waals surface area contributed by atoms with E-state index in [-0.39, 0.29) is 11.3 Å². The molecule has 0 saturated carbocycles. The maximum Gasteiger partial charge on any atom is 0.337 e. The van der Waals surface area contributed by atoms with E-state index in [0.717, 1.165) is 0 Å². The molecule has 0 aliphatic rings. The highest BCUT2D eigenvalue weighted by molar-refractivity contribution is 9.11. The third-order valence-electron chi connectivity index (χ3n) is 2.26. The topological polar surface area (TPSA) is 130 Å². The maximum atomic E-state index is 11.7. The molecule has 1 amide bonds. The van der Waals surface area contributed by atoms with Crippen LogP contribution in [0.3, 0.4) is 0 Å². The molecule has 20 heavy (non-hydrogen) atoms. The molecule has 1 aromatic carbocycles. The highest BCUT2D eigenvalue weighted by atomic mass is 79.9. The lowest BCUT2D eigenvalue weighted by Crippen LogP contribution is -2.37. The van der Waals surface area contributed by atoms with E-state index in [2.05, 4.69) is 37.2 Å². The van der Waals surface area contributed by atoms with E-state index in [9.17, 15) is 14.4 Å². The molecule has 0 spiro atoms. The summed E-state index contributed by atoms with van der Waals surface area (Å²) >= 11 is 6.26. The Hall–Kier alpha value is -1.45. The number of hydrogen-bond donors (Lipinski definition) is 4. The van der Waals surface area contributed by atoms with Crippen molar-refractivity contribution in [1.82, 2.24) is 0 Å². The average Bonchev–Trinajstić information content (AvgIpc) is 2.30. The molecule has 0 aliphatic carbocycles. The number of carboxylic acids is 2. The molecule has 1 rings (SSSR count). The number of aliphatic carboxylic acids is 1. The Morgan fingerprint density at radius 3 is 2.35 bits per heavy atom. The second-order valence-corrected chi connectivity index (χ2v) is 5.58. The average molecular weight is 410 g/mol. The van der Waals surface area contributed by atoms with Crippen LogP contribution in [-0.2, 0) is 9.59 Å². The number of carbonyl (C=O) groups excluding carboxylic acids is 1. The minimum Gasteiger partial charge on any atom is -0.481 e. The van der Waals surface area contributed by atoms with Crippen LogP contribution in [-0.4, -0.2) is 34.1 Å². The van der Waals surface area contributed by atoms with Crippen LogP contribution in [0.4, 0.5) is 5.69 Å². The van der Waals surface area contributed by atoms with Gasteiger partial charge in [-0.25, -0.2) is 4.79 Å². The number of aromatic carboxylic acids is 1. The summed E-state index contributed by atoms with van der Waals surface area (Å²) in [5, 5.41) is 20.0. The Morgan fingerprint density at radius 1 is 1.25 bits per heavy atom.